The molecule has 3 rings (SSSR count). The number of hydrogen-bond donors (Lipinski definition) is 1. The lowest BCUT2D eigenvalue weighted by molar-refractivity contribution is -0.182. The van der Waals surface area contributed by atoms with Crippen LogP contribution < -0.4 is 5.32 Å². The van der Waals surface area contributed by atoms with E-state index in [1.807, 2.05) is 37.3 Å². The van der Waals surface area contributed by atoms with Gasteiger partial charge in [-0.05, 0) is 38.2 Å². The largest absolute Gasteiger partial charge is 0.391 e. The second-order valence-corrected chi connectivity index (χ2v) is 7.70. The normalized spacial score (nSPS) is 30.1. The fourth-order valence-corrected chi connectivity index (χ4v) is 4.06. The van der Waals surface area contributed by atoms with Gasteiger partial charge in [-0.15, -0.1) is 0 Å². The number of carbonyl (C=O) groups is 1. The van der Waals surface area contributed by atoms with E-state index in [-0.39, 0.29) is 43.5 Å². The van der Waals surface area contributed by atoms with Crippen LogP contribution in [-0.2, 0) is 9.53 Å². The summed E-state index contributed by atoms with van der Waals surface area (Å²) in [6.07, 6.45) is -3.21. The van der Waals surface area contributed by atoms with E-state index in [0.717, 1.165) is 5.56 Å². The zero-order valence-electron chi connectivity index (χ0n) is 15.5. The van der Waals surface area contributed by atoms with Crippen LogP contribution in [-0.4, -0.2) is 48.8 Å². The Labute approximate surface area is 158 Å². The zero-order chi connectivity index (χ0) is 19.4. The number of nitrogens with one attached hydrogen (secondary N) is 1. The van der Waals surface area contributed by atoms with Crippen molar-refractivity contribution in [1.29, 1.82) is 0 Å². The Morgan fingerprint density at radius 1 is 1.15 bits per heavy atom. The highest BCUT2D eigenvalue weighted by atomic mass is 19.4. The summed E-state index contributed by atoms with van der Waals surface area (Å²) in [6.45, 7) is 3.52. The van der Waals surface area contributed by atoms with E-state index in [4.69, 9.17) is 4.74 Å². The molecule has 150 valence electrons. The van der Waals surface area contributed by atoms with Crippen LogP contribution in [0.3, 0.4) is 0 Å². The van der Waals surface area contributed by atoms with Crippen LogP contribution >= 0.6 is 0 Å². The Kier molecular flexibility index (Phi) is 6.42. The van der Waals surface area contributed by atoms with Gasteiger partial charge in [0.2, 0.25) is 5.91 Å². The number of ether oxygens (including phenoxy) is 1. The van der Waals surface area contributed by atoms with Crippen LogP contribution in [0.15, 0.2) is 30.3 Å². The Bertz CT molecular complexity index is 615. The first-order chi connectivity index (χ1) is 12.8. The molecule has 1 aliphatic carbocycles. The van der Waals surface area contributed by atoms with Gasteiger partial charge in [0, 0.05) is 19.1 Å². The molecule has 1 saturated heterocycles. The number of rotatable bonds is 4. The Balaban J connectivity index is 1.48. The summed E-state index contributed by atoms with van der Waals surface area (Å²) in [6, 6.07) is 9.76. The molecule has 1 saturated carbocycles. The van der Waals surface area contributed by atoms with Crippen molar-refractivity contribution in [1.82, 2.24) is 10.2 Å². The molecule has 1 aliphatic heterocycles. The molecule has 2 atom stereocenters. The maximum absolute atomic E-state index is 12.7. The molecular formula is C20H27F3N2O2. The summed E-state index contributed by atoms with van der Waals surface area (Å²) in [4.78, 5) is 14.5. The minimum absolute atomic E-state index is 0.0129. The van der Waals surface area contributed by atoms with Crippen molar-refractivity contribution >= 4 is 5.91 Å². The van der Waals surface area contributed by atoms with Gasteiger partial charge in [-0.1, -0.05) is 30.3 Å². The molecule has 1 aromatic carbocycles. The molecule has 1 amide bonds. The first-order valence-corrected chi connectivity index (χ1v) is 9.60. The number of amides is 1. The lowest BCUT2D eigenvalue weighted by Crippen LogP contribution is -2.49. The van der Waals surface area contributed by atoms with Gasteiger partial charge in [0.15, 0.2) is 0 Å². The monoisotopic (exact) mass is 384 g/mol. The molecule has 1 aromatic rings. The summed E-state index contributed by atoms with van der Waals surface area (Å²) in [5.74, 6) is -1.34. The number of benzene rings is 1. The van der Waals surface area contributed by atoms with Crippen molar-refractivity contribution < 1.29 is 22.7 Å². The predicted octanol–water partition coefficient (Wildman–Crippen LogP) is 3.69. The Morgan fingerprint density at radius 3 is 2.44 bits per heavy atom. The van der Waals surface area contributed by atoms with Gasteiger partial charge in [-0.25, -0.2) is 0 Å². The van der Waals surface area contributed by atoms with E-state index in [9.17, 15) is 18.0 Å². The van der Waals surface area contributed by atoms with E-state index >= 15 is 0 Å². The minimum atomic E-state index is -4.12. The molecule has 0 bridgehead atoms. The first kappa shape index (κ1) is 20.1. The summed E-state index contributed by atoms with van der Waals surface area (Å²) in [5.41, 5.74) is 1.08. The van der Waals surface area contributed by atoms with Crippen LogP contribution in [0.5, 0.6) is 0 Å². The molecule has 4 nitrogen and oxygen atoms in total. The third kappa shape index (κ3) is 5.69. The molecule has 0 aromatic heterocycles. The van der Waals surface area contributed by atoms with Gasteiger partial charge >= 0.3 is 6.18 Å². The van der Waals surface area contributed by atoms with Gasteiger partial charge in [0.25, 0.3) is 0 Å². The van der Waals surface area contributed by atoms with E-state index in [1.165, 1.54) is 0 Å². The van der Waals surface area contributed by atoms with Crippen LogP contribution in [0.1, 0.15) is 44.3 Å². The molecule has 27 heavy (non-hydrogen) atoms. The molecule has 0 radical (unpaired) electrons. The predicted molar refractivity (Wildman–Crippen MR) is 96.1 cm³/mol. The SMILES string of the molecule is C[C@H]1CN(CC(=O)NC2CCC(C(F)(F)F)CC2)C[C@@H](c2ccccc2)O1. The summed E-state index contributed by atoms with van der Waals surface area (Å²) in [7, 11) is 0. The van der Waals surface area contributed by atoms with E-state index < -0.39 is 12.1 Å². The molecule has 2 aliphatic rings. The van der Waals surface area contributed by atoms with Crippen LogP contribution in [0.4, 0.5) is 13.2 Å². The molecule has 1 heterocycles. The highest BCUT2D eigenvalue weighted by molar-refractivity contribution is 5.78. The number of nitrogens with zero attached hydrogens (tertiary/aromatic N) is 1. The molecule has 1 N–H and O–H groups in total. The number of halogens is 3. The van der Waals surface area contributed by atoms with Gasteiger partial charge in [0.1, 0.15) is 0 Å². The number of carbonyl (C=O) groups excluding carboxylic acids is 1. The Hall–Kier alpha value is -1.60. The average molecular weight is 384 g/mol. The standard InChI is InChI=1S/C20H27F3N2O2/c1-14-11-25(12-18(27-14)15-5-3-2-4-6-15)13-19(26)24-17-9-7-16(8-10-17)20(21,22)23/h2-6,14,16-18H,7-13H2,1H3,(H,24,26)/t14-,16?,17?,18-/m0/s1. The van der Waals surface area contributed by atoms with Crippen molar-refractivity contribution in [3.63, 3.8) is 0 Å². The van der Waals surface area contributed by atoms with Crippen molar-refractivity contribution in [2.45, 2.75) is 57.0 Å². The summed E-state index contributed by atoms with van der Waals surface area (Å²) >= 11 is 0. The maximum atomic E-state index is 12.7. The number of alkyl halides is 3. The zero-order valence-corrected chi connectivity index (χ0v) is 15.5. The lowest BCUT2D eigenvalue weighted by Gasteiger charge is -2.37. The van der Waals surface area contributed by atoms with Crippen molar-refractivity contribution in [2.24, 2.45) is 5.92 Å². The fourth-order valence-electron chi connectivity index (χ4n) is 4.06. The topological polar surface area (TPSA) is 41.6 Å². The number of morpholine rings is 1. The van der Waals surface area contributed by atoms with Crippen molar-refractivity contribution in [2.75, 3.05) is 19.6 Å². The van der Waals surface area contributed by atoms with Crippen molar-refractivity contribution in [3.05, 3.63) is 35.9 Å². The molecular weight excluding hydrogens is 357 g/mol. The van der Waals surface area contributed by atoms with Gasteiger partial charge < -0.3 is 10.1 Å². The van der Waals surface area contributed by atoms with Gasteiger partial charge in [0.05, 0.1) is 24.7 Å². The lowest BCUT2D eigenvalue weighted by atomic mass is 9.85. The Morgan fingerprint density at radius 2 is 1.81 bits per heavy atom. The van der Waals surface area contributed by atoms with E-state index in [2.05, 4.69) is 10.2 Å². The molecule has 2 fully saturated rings. The molecule has 0 spiro atoms. The minimum Gasteiger partial charge on any atom is -0.368 e. The maximum Gasteiger partial charge on any atom is 0.391 e. The first-order valence-electron chi connectivity index (χ1n) is 9.60. The van der Waals surface area contributed by atoms with Crippen LogP contribution in [0.25, 0.3) is 0 Å². The fraction of sp³-hybridized carbons (Fsp3) is 0.650. The third-order valence-electron chi connectivity index (χ3n) is 5.43. The summed E-state index contributed by atoms with van der Waals surface area (Å²) in [5, 5.41) is 2.92. The van der Waals surface area contributed by atoms with Crippen LogP contribution in [0.2, 0.25) is 0 Å². The summed E-state index contributed by atoms with van der Waals surface area (Å²) < 4.78 is 44.2. The third-order valence-corrected chi connectivity index (χ3v) is 5.43. The molecule has 0 unspecified atom stereocenters. The van der Waals surface area contributed by atoms with E-state index in [0.29, 0.717) is 25.9 Å². The second-order valence-electron chi connectivity index (χ2n) is 7.70. The highest BCUT2D eigenvalue weighted by Gasteiger charge is 2.41. The van der Waals surface area contributed by atoms with Crippen molar-refractivity contribution in [3.8, 4) is 0 Å². The second kappa shape index (κ2) is 8.61. The quantitative estimate of drug-likeness (QED) is 0.861. The average Bonchev–Trinajstić information content (AvgIpc) is 2.61. The smallest absolute Gasteiger partial charge is 0.368 e. The highest BCUT2D eigenvalue weighted by Crippen LogP contribution is 2.37. The van der Waals surface area contributed by atoms with Gasteiger partial charge in [-0.2, -0.15) is 13.2 Å². The van der Waals surface area contributed by atoms with E-state index in [1.54, 1.807) is 0 Å². The van der Waals surface area contributed by atoms with Crippen LogP contribution in [0, 0.1) is 5.92 Å². The number of hydrogen-bond acceptors (Lipinski definition) is 3. The van der Waals surface area contributed by atoms with Gasteiger partial charge in [-0.3, -0.25) is 9.69 Å². The molecule has 7 heteroatoms.